The summed E-state index contributed by atoms with van der Waals surface area (Å²) < 4.78 is 29.0. The van der Waals surface area contributed by atoms with E-state index in [0.717, 1.165) is 0 Å². The summed E-state index contributed by atoms with van der Waals surface area (Å²) >= 11 is 0. The van der Waals surface area contributed by atoms with Crippen molar-refractivity contribution in [2.75, 3.05) is 25.6 Å². The largest absolute Gasteiger partial charge is 0.494 e. The lowest BCUT2D eigenvalue weighted by Gasteiger charge is -2.12. The zero-order valence-corrected chi connectivity index (χ0v) is 13.0. The molecule has 0 aliphatic carbocycles. The number of nitrogens with one attached hydrogen (secondary N) is 1. The third kappa shape index (κ3) is 4.60. The Bertz CT molecular complexity index is 675. The van der Waals surface area contributed by atoms with Crippen molar-refractivity contribution in [1.29, 1.82) is 0 Å². The molecule has 122 valence electrons. The van der Waals surface area contributed by atoms with E-state index < -0.39 is 5.82 Å². The topological polar surface area (TPSA) is 56.8 Å². The Morgan fingerprint density at radius 2 is 1.91 bits per heavy atom. The second-order valence-electron chi connectivity index (χ2n) is 4.56. The van der Waals surface area contributed by atoms with Crippen LogP contribution in [0.15, 0.2) is 42.5 Å². The molecule has 0 spiro atoms. The number of methoxy groups -OCH3 is 1. The average Bonchev–Trinajstić information content (AvgIpc) is 2.55. The lowest BCUT2D eigenvalue weighted by atomic mass is 10.3. The van der Waals surface area contributed by atoms with Gasteiger partial charge < -0.3 is 19.5 Å². The first-order chi connectivity index (χ1) is 11.1. The molecule has 1 amide bonds. The molecule has 2 rings (SSSR count). The van der Waals surface area contributed by atoms with Gasteiger partial charge in [-0.15, -0.1) is 0 Å². The van der Waals surface area contributed by atoms with Crippen LogP contribution in [-0.2, 0) is 4.79 Å². The number of carbonyl (C=O) groups excluding carboxylic acids is 1. The molecular formula is C17H18FNO4. The van der Waals surface area contributed by atoms with Crippen molar-refractivity contribution in [2.45, 2.75) is 6.92 Å². The van der Waals surface area contributed by atoms with E-state index in [4.69, 9.17) is 14.2 Å². The fourth-order valence-electron chi connectivity index (χ4n) is 1.92. The highest BCUT2D eigenvalue weighted by molar-refractivity contribution is 5.93. The molecule has 5 nitrogen and oxygen atoms in total. The van der Waals surface area contributed by atoms with Crippen LogP contribution < -0.4 is 19.5 Å². The maximum Gasteiger partial charge on any atom is 0.262 e. The zero-order chi connectivity index (χ0) is 16.7. The van der Waals surface area contributed by atoms with Crippen molar-refractivity contribution in [3.63, 3.8) is 0 Å². The molecule has 0 bridgehead atoms. The fraction of sp³-hybridized carbons (Fsp3) is 0.235. The van der Waals surface area contributed by atoms with Crippen LogP contribution in [0.4, 0.5) is 10.1 Å². The Labute approximate surface area is 134 Å². The van der Waals surface area contributed by atoms with E-state index in [2.05, 4.69) is 5.32 Å². The van der Waals surface area contributed by atoms with Crippen molar-refractivity contribution in [3.05, 3.63) is 48.3 Å². The van der Waals surface area contributed by atoms with Crippen LogP contribution in [0, 0.1) is 5.82 Å². The fourth-order valence-corrected chi connectivity index (χ4v) is 1.92. The van der Waals surface area contributed by atoms with Gasteiger partial charge in [-0.3, -0.25) is 4.79 Å². The zero-order valence-electron chi connectivity index (χ0n) is 13.0. The molecule has 6 heteroatoms. The van der Waals surface area contributed by atoms with Crippen LogP contribution in [0.2, 0.25) is 0 Å². The highest BCUT2D eigenvalue weighted by atomic mass is 19.1. The first-order valence-corrected chi connectivity index (χ1v) is 7.12. The molecule has 0 heterocycles. The van der Waals surface area contributed by atoms with Gasteiger partial charge in [0.1, 0.15) is 11.5 Å². The van der Waals surface area contributed by atoms with Gasteiger partial charge in [-0.2, -0.15) is 0 Å². The monoisotopic (exact) mass is 319 g/mol. The number of para-hydroxylation sites is 2. The predicted molar refractivity (Wildman–Crippen MR) is 84.7 cm³/mol. The van der Waals surface area contributed by atoms with Gasteiger partial charge in [-0.1, -0.05) is 12.1 Å². The van der Waals surface area contributed by atoms with E-state index >= 15 is 0 Å². The summed E-state index contributed by atoms with van der Waals surface area (Å²) in [6, 6.07) is 11.2. The van der Waals surface area contributed by atoms with E-state index in [1.165, 1.54) is 25.3 Å². The standard InChI is InChI=1S/C17H18FNO4/c1-3-22-16-7-5-4-6-14(16)19-17(20)11-23-12-8-9-15(21-2)13(18)10-12/h4-10H,3,11H2,1-2H3,(H,19,20). The maximum atomic E-state index is 13.5. The molecular weight excluding hydrogens is 301 g/mol. The molecule has 0 aliphatic rings. The van der Waals surface area contributed by atoms with Crippen LogP contribution in [0.25, 0.3) is 0 Å². The second kappa shape index (κ2) is 8.03. The van der Waals surface area contributed by atoms with Crippen LogP contribution in [0.1, 0.15) is 6.92 Å². The SMILES string of the molecule is CCOc1ccccc1NC(=O)COc1ccc(OC)c(F)c1. The van der Waals surface area contributed by atoms with E-state index in [1.807, 2.05) is 13.0 Å². The van der Waals surface area contributed by atoms with Crippen molar-refractivity contribution >= 4 is 11.6 Å². The van der Waals surface area contributed by atoms with Gasteiger partial charge in [0.2, 0.25) is 0 Å². The number of benzene rings is 2. The number of anilines is 1. The normalized spacial score (nSPS) is 10.0. The van der Waals surface area contributed by atoms with E-state index in [1.54, 1.807) is 18.2 Å². The average molecular weight is 319 g/mol. The van der Waals surface area contributed by atoms with Gasteiger partial charge in [0.15, 0.2) is 18.2 Å². The van der Waals surface area contributed by atoms with Crippen molar-refractivity contribution in [1.82, 2.24) is 0 Å². The van der Waals surface area contributed by atoms with E-state index in [0.29, 0.717) is 18.0 Å². The molecule has 2 aromatic rings. The van der Waals surface area contributed by atoms with Crippen molar-refractivity contribution in [2.24, 2.45) is 0 Å². The number of amides is 1. The van der Waals surface area contributed by atoms with Crippen LogP contribution >= 0.6 is 0 Å². The molecule has 23 heavy (non-hydrogen) atoms. The summed E-state index contributed by atoms with van der Waals surface area (Å²) in [5, 5.41) is 2.70. The number of carbonyl (C=O) groups is 1. The Kier molecular flexibility index (Phi) is 5.80. The molecule has 0 aromatic heterocycles. The summed E-state index contributed by atoms with van der Waals surface area (Å²) in [4.78, 5) is 11.9. The van der Waals surface area contributed by atoms with Gasteiger partial charge in [0.05, 0.1) is 19.4 Å². The number of hydrogen-bond donors (Lipinski definition) is 1. The summed E-state index contributed by atoms with van der Waals surface area (Å²) in [6.07, 6.45) is 0. The quantitative estimate of drug-likeness (QED) is 0.851. The van der Waals surface area contributed by atoms with Crippen molar-refractivity contribution < 1.29 is 23.4 Å². The smallest absolute Gasteiger partial charge is 0.262 e. The van der Waals surface area contributed by atoms with Crippen LogP contribution in [-0.4, -0.2) is 26.2 Å². The first kappa shape index (κ1) is 16.6. The second-order valence-corrected chi connectivity index (χ2v) is 4.56. The van der Waals surface area contributed by atoms with Crippen LogP contribution in [0.5, 0.6) is 17.2 Å². The van der Waals surface area contributed by atoms with Gasteiger partial charge >= 0.3 is 0 Å². The van der Waals surface area contributed by atoms with Gasteiger partial charge in [-0.25, -0.2) is 4.39 Å². The highest BCUT2D eigenvalue weighted by Gasteiger charge is 2.09. The third-order valence-corrected chi connectivity index (χ3v) is 2.95. The molecule has 0 radical (unpaired) electrons. The van der Waals surface area contributed by atoms with Gasteiger partial charge in [0.25, 0.3) is 5.91 Å². The Hall–Kier alpha value is -2.76. The lowest BCUT2D eigenvalue weighted by molar-refractivity contribution is -0.118. The molecule has 0 atom stereocenters. The molecule has 0 saturated carbocycles. The lowest BCUT2D eigenvalue weighted by Crippen LogP contribution is -2.20. The third-order valence-electron chi connectivity index (χ3n) is 2.95. The number of rotatable bonds is 7. The molecule has 2 aromatic carbocycles. The molecule has 1 N–H and O–H groups in total. The number of ether oxygens (including phenoxy) is 3. The summed E-state index contributed by atoms with van der Waals surface area (Å²) in [7, 11) is 1.38. The first-order valence-electron chi connectivity index (χ1n) is 7.12. The Morgan fingerprint density at radius 1 is 1.13 bits per heavy atom. The minimum atomic E-state index is -0.549. The Morgan fingerprint density at radius 3 is 2.61 bits per heavy atom. The van der Waals surface area contributed by atoms with Gasteiger partial charge in [0, 0.05) is 6.07 Å². The highest BCUT2D eigenvalue weighted by Crippen LogP contribution is 2.24. The molecule has 0 saturated heterocycles. The van der Waals surface area contributed by atoms with Gasteiger partial charge in [-0.05, 0) is 31.2 Å². The number of hydrogen-bond acceptors (Lipinski definition) is 4. The minimum Gasteiger partial charge on any atom is -0.494 e. The summed E-state index contributed by atoms with van der Waals surface area (Å²) in [5.41, 5.74) is 0.559. The van der Waals surface area contributed by atoms with E-state index in [-0.39, 0.29) is 24.0 Å². The molecule has 0 fully saturated rings. The van der Waals surface area contributed by atoms with E-state index in [9.17, 15) is 9.18 Å². The summed E-state index contributed by atoms with van der Waals surface area (Å²) in [6.45, 7) is 2.11. The predicted octanol–water partition coefficient (Wildman–Crippen LogP) is 3.25. The Balaban J connectivity index is 1.94. The maximum absolute atomic E-state index is 13.5. The minimum absolute atomic E-state index is 0.118. The van der Waals surface area contributed by atoms with Crippen molar-refractivity contribution in [3.8, 4) is 17.2 Å². The molecule has 0 aliphatic heterocycles. The summed E-state index contributed by atoms with van der Waals surface area (Å²) in [5.74, 6) is 0.0308. The molecule has 0 unspecified atom stereocenters. The number of halogens is 1. The van der Waals surface area contributed by atoms with Crippen LogP contribution in [0.3, 0.4) is 0 Å².